The van der Waals surface area contributed by atoms with E-state index in [9.17, 15) is 9.59 Å². The second-order valence-electron chi connectivity index (χ2n) is 5.42. The van der Waals surface area contributed by atoms with Gasteiger partial charge < -0.3 is 15.7 Å². The molecule has 0 aromatic rings. The van der Waals surface area contributed by atoms with Crippen LogP contribution >= 0.6 is 0 Å². The van der Waals surface area contributed by atoms with Gasteiger partial charge in [-0.25, -0.2) is 0 Å². The molecule has 0 spiro atoms. The topological polar surface area (TPSA) is 78.4 Å². The van der Waals surface area contributed by atoms with Crippen molar-refractivity contribution in [3.63, 3.8) is 0 Å². The van der Waals surface area contributed by atoms with Crippen LogP contribution in [-0.2, 0) is 9.59 Å². The van der Waals surface area contributed by atoms with Crippen molar-refractivity contribution in [1.29, 1.82) is 0 Å². The Morgan fingerprint density at radius 3 is 2.06 bits per heavy atom. The fraction of sp³-hybridized carbons (Fsp3) is 0.846. The van der Waals surface area contributed by atoms with Gasteiger partial charge in [0.15, 0.2) is 0 Å². The maximum atomic E-state index is 12.1. The number of hydrogen-bond donors (Lipinski definition) is 3. The molecule has 0 radical (unpaired) electrons. The van der Waals surface area contributed by atoms with Gasteiger partial charge in [0.05, 0.1) is 5.92 Å². The molecule has 2 aliphatic rings. The van der Waals surface area contributed by atoms with Crippen molar-refractivity contribution in [2.45, 2.75) is 44.6 Å². The lowest BCUT2D eigenvalue weighted by Gasteiger charge is -2.29. The molecule has 1 amide bonds. The van der Waals surface area contributed by atoms with E-state index in [-0.39, 0.29) is 17.7 Å². The molecule has 0 aromatic carbocycles. The molecule has 0 atom stereocenters. The van der Waals surface area contributed by atoms with Crippen LogP contribution in [0.5, 0.6) is 0 Å². The average molecular weight is 254 g/mol. The second kappa shape index (κ2) is 6.18. The van der Waals surface area contributed by atoms with E-state index in [4.69, 9.17) is 5.11 Å². The molecule has 1 heterocycles. The SMILES string of the molecule is O=C(O)C1CCC(C(=O)NC2CCNCC2)CC1. The van der Waals surface area contributed by atoms with E-state index in [0.29, 0.717) is 31.7 Å². The Kier molecular flexibility index (Phi) is 4.58. The van der Waals surface area contributed by atoms with Crippen LogP contribution in [0.25, 0.3) is 0 Å². The molecule has 0 unspecified atom stereocenters. The number of nitrogens with one attached hydrogen (secondary N) is 2. The lowest BCUT2D eigenvalue weighted by Crippen LogP contribution is -2.45. The van der Waals surface area contributed by atoms with Crippen molar-refractivity contribution in [2.75, 3.05) is 13.1 Å². The van der Waals surface area contributed by atoms with Crippen LogP contribution in [0.3, 0.4) is 0 Å². The summed E-state index contributed by atoms with van der Waals surface area (Å²) in [6, 6.07) is 0.302. The first kappa shape index (κ1) is 13.3. The highest BCUT2D eigenvalue weighted by atomic mass is 16.4. The van der Waals surface area contributed by atoms with E-state index in [1.807, 2.05) is 0 Å². The molecule has 102 valence electrons. The Morgan fingerprint density at radius 1 is 0.944 bits per heavy atom. The van der Waals surface area contributed by atoms with Crippen molar-refractivity contribution in [1.82, 2.24) is 10.6 Å². The summed E-state index contributed by atoms with van der Waals surface area (Å²) in [5.41, 5.74) is 0. The molecule has 18 heavy (non-hydrogen) atoms. The molecule has 3 N–H and O–H groups in total. The van der Waals surface area contributed by atoms with Crippen LogP contribution in [0.1, 0.15) is 38.5 Å². The molecule has 1 saturated carbocycles. The van der Waals surface area contributed by atoms with Crippen LogP contribution in [-0.4, -0.2) is 36.1 Å². The Balaban J connectivity index is 1.75. The number of carboxylic acid groups (broad SMARTS) is 1. The van der Waals surface area contributed by atoms with E-state index < -0.39 is 5.97 Å². The molecule has 0 bridgehead atoms. The van der Waals surface area contributed by atoms with Gasteiger partial charge in [0.2, 0.25) is 5.91 Å². The molecule has 2 rings (SSSR count). The van der Waals surface area contributed by atoms with Gasteiger partial charge in [-0.2, -0.15) is 0 Å². The van der Waals surface area contributed by atoms with Gasteiger partial charge in [-0.1, -0.05) is 0 Å². The van der Waals surface area contributed by atoms with Crippen LogP contribution in [0.15, 0.2) is 0 Å². The first-order valence-corrected chi connectivity index (χ1v) is 6.90. The van der Waals surface area contributed by atoms with E-state index in [1.165, 1.54) is 0 Å². The Bertz CT molecular complexity index is 305. The van der Waals surface area contributed by atoms with Gasteiger partial charge in [-0.05, 0) is 51.6 Å². The van der Waals surface area contributed by atoms with Crippen molar-refractivity contribution in [2.24, 2.45) is 11.8 Å². The zero-order valence-electron chi connectivity index (χ0n) is 10.7. The van der Waals surface area contributed by atoms with Gasteiger partial charge in [-0.3, -0.25) is 9.59 Å². The fourth-order valence-corrected chi connectivity index (χ4v) is 2.89. The minimum Gasteiger partial charge on any atom is -0.481 e. The summed E-state index contributed by atoms with van der Waals surface area (Å²) in [4.78, 5) is 22.9. The van der Waals surface area contributed by atoms with Crippen LogP contribution in [0.4, 0.5) is 0 Å². The van der Waals surface area contributed by atoms with Crippen molar-refractivity contribution in [3.05, 3.63) is 0 Å². The monoisotopic (exact) mass is 254 g/mol. The van der Waals surface area contributed by atoms with Gasteiger partial charge in [0.25, 0.3) is 0 Å². The number of amides is 1. The first-order chi connectivity index (χ1) is 8.66. The van der Waals surface area contributed by atoms with E-state index in [2.05, 4.69) is 10.6 Å². The molecule has 1 aliphatic heterocycles. The Labute approximate surface area is 107 Å². The lowest BCUT2D eigenvalue weighted by atomic mass is 9.81. The zero-order valence-corrected chi connectivity index (χ0v) is 10.7. The summed E-state index contributed by atoms with van der Waals surface area (Å²) < 4.78 is 0. The van der Waals surface area contributed by atoms with Crippen molar-refractivity contribution >= 4 is 11.9 Å². The highest BCUT2D eigenvalue weighted by molar-refractivity contribution is 5.79. The molecule has 2 fully saturated rings. The summed E-state index contributed by atoms with van der Waals surface area (Å²) in [6.07, 6.45) is 4.70. The van der Waals surface area contributed by atoms with Gasteiger partial charge in [0, 0.05) is 12.0 Å². The molecular weight excluding hydrogens is 232 g/mol. The first-order valence-electron chi connectivity index (χ1n) is 6.90. The maximum Gasteiger partial charge on any atom is 0.306 e. The average Bonchev–Trinajstić information content (AvgIpc) is 2.40. The predicted molar refractivity (Wildman–Crippen MR) is 67.1 cm³/mol. The van der Waals surface area contributed by atoms with Gasteiger partial charge >= 0.3 is 5.97 Å². The molecule has 5 nitrogen and oxygen atoms in total. The number of hydrogen-bond acceptors (Lipinski definition) is 3. The summed E-state index contributed by atoms with van der Waals surface area (Å²) in [5, 5.41) is 15.3. The molecule has 5 heteroatoms. The third-order valence-electron chi connectivity index (χ3n) is 4.13. The quantitative estimate of drug-likeness (QED) is 0.694. The third-order valence-corrected chi connectivity index (χ3v) is 4.13. The number of aliphatic carboxylic acids is 1. The van der Waals surface area contributed by atoms with Gasteiger partial charge in [-0.15, -0.1) is 0 Å². The maximum absolute atomic E-state index is 12.1. The lowest BCUT2D eigenvalue weighted by molar-refractivity contribution is -0.144. The standard InChI is InChI=1S/C13H22N2O3/c16-12(15-11-5-7-14-8-6-11)9-1-3-10(4-2-9)13(17)18/h9-11,14H,1-8H2,(H,15,16)(H,17,18). The number of carbonyl (C=O) groups is 2. The predicted octanol–water partition coefficient (Wildman–Crippen LogP) is 0.746. The summed E-state index contributed by atoms with van der Waals surface area (Å²) >= 11 is 0. The molecule has 1 aliphatic carbocycles. The minimum atomic E-state index is -0.716. The zero-order chi connectivity index (χ0) is 13.0. The summed E-state index contributed by atoms with van der Waals surface area (Å²) in [6.45, 7) is 1.94. The van der Waals surface area contributed by atoms with Crippen molar-refractivity contribution < 1.29 is 14.7 Å². The van der Waals surface area contributed by atoms with Crippen LogP contribution < -0.4 is 10.6 Å². The third kappa shape index (κ3) is 3.45. The Hall–Kier alpha value is -1.10. The van der Waals surface area contributed by atoms with Crippen LogP contribution in [0.2, 0.25) is 0 Å². The number of carboxylic acids is 1. The van der Waals surface area contributed by atoms with E-state index >= 15 is 0 Å². The highest BCUT2D eigenvalue weighted by Gasteiger charge is 2.30. The normalized spacial score (nSPS) is 29.8. The molecular formula is C13H22N2O3. The molecule has 1 saturated heterocycles. The Morgan fingerprint density at radius 2 is 1.50 bits per heavy atom. The van der Waals surface area contributed by atoms with E-state index in [0.717, 1.165) is 25.9 Å². The largest absolute Gasteiger partial charge is 0.481 e. The summed E-state index contributed by atoms with van der Waals surface area (Å²) in [7, 11) is 0. The van der Waals surface area contributed by atoms with Crippen LogP contribution in [0, 0.1) is 11.8 Å². The highest BCUT2D eigenvalue weighted by Crippen LogP contribution is 2.29. The number of carbonyl (C=O) groups excluding carboxylic acids is 1. The fourth-order valence-electron chi connectivity index (χ4n) is 2.89. The second-order valence-corrected chi connectivity index (χ2v) is 5.42. The number of piperidine rings is 1. The number of rotatable bonds is 3. The summed E-state index contributed by atoms with van der Waals surface area (Å²) in [5.74, 6) is -0.804. The smallest absolute Gasteiger partial charge is 0.306 e. The van der Waals surface area contributed by atoms with E-state index in [1.54, 1.807) is 0 Å². The van der Waals surface area contributed by atoms with Gasteiger partial charge in [0.1, 0.15) is 0 Å². The minimum absolute atomic E-state index is 0.0236. The van der Waals surface area contributed by atoms with Crippen molar-refractivity contribution in [3.8, 4) is 0 Å². The molecule has 0 aromatic heterocycles.